The number of hydrogen-bond acceptors (Lipinski definition) is 4. The molecular formula is C31H25N5O2S. The van der Waals surface area contributed by atoms with Crippen LogP contribution in [0.5, 0.6) is 0 Å². The maximum atomic E-state index is 13.1. The second-order valence-corrected chi connectivity index (χ2v) is 11.3. The van der Waals surface area contributed by atoms with Crippen LogP contribution in [-0.4, -0.2) is 24.3 Å². The van der Waals surface area contributed by atoms with Gasteiger partial charge in [-0.05, 0) is 53.1 Å². The molecule has 6 aromatic rings. The fourth-order valence-corrected chi connectivity index (χ4v) is 6.29. The Hall–Kier alpha value is -4.95. The summed E-state index contributed by atoms with van der Waals surface area (Å²) in [4.78, 5) is 8.48. The summed E-state index contributed by atoms with van der Waals surface area (Å²) in [5.74, 6) is -0.224. The summed E-state index contributed by atoms with van der Waals surface area (Å²) in [7, 11) is -3.50. The lowest BCUT2D eigenvalue weighted by molar-refractivity contribution is 0.595. The van der Waals surface area contributed by atoms with Gasteiger partial charge in [-0.3, -0.25) is 5.41 Å². The molecule has 0 amide bonds. The molecule has 0 saturated carbocycles. The molecule has 0 aliphatic heterocycles. The fraction of sp³-hybridized carbons (Fsp3) is 0.0323. The van der Waals surface area contributed by atoms with Crippen molar-refractivity contribution in [3.8, 4) is 22.3 Å². The topological polar surface area (TPSA) is 125 Å². The number of benzene rings is 4. The SMILES string of the molecule is N=C(N)Nc1ccc(-c2cnc3[nH]c4ccc(CS(=O)(=O)c5ccccc5)cc4c3c2-c2ccccc2)cc1. The zero-order valence-electron chi connectivity index (χ0n) is 20.8. The molecule has 39 heavy (non-hydrogen) atoms. The van der Waals surface area contributed by atoms with Crippen LogP contribution < -0.4 is 11.1 Å². The van der Waals surface area contributed by atoms with Crippen molar-refractivity contribution in [1.29, 1.82) is 5.41 Å². The third-order valence-electron chi connectivity index (χ3n) is 6.68. The molecule has 0 atom stereocenters. The van der Waals surface area contributed by atoms with Crippen LogP contribution in [-0.2, 0) is 15.6 Å². The lowest BCUT2D eigenvalue weighted by Gasteiger charge is -2.13. The normalized spacial score (nSPS) is 11.6. The van der Waals surface area contributed by atoms with Crippen molar-refractivity contribution in [1.82, 2.24) is 9.97 Å². The highest BCUT2D eigenvalue weighted by Gasteiger charge is 2.19. The first-order valence-corrected chi connectivity index (χ1v) is 14.0. The van der Waals surface area contributed by atoms with Gasteiger partial charge in [0.15, 0.2) is 15.8 Å². The van der Waals surface area contributed by atoms with Crippen molar-refractivity contribution in [2.24, 2.45) is 5.73 Å². The summed E-state index contributed by atoms with van der Waals surface area (Å²) in [5, 5.41) is 12.1. The maximum Gasteiger partial charge on any atom is 0.190 e. The fourth-order valence-electron chi connectivity index (χ4n) is 4.94. The van der Waals surface area contributed by atoms with Crippen molar-refractivity contribution in [3.05, 3.63) is 115 Å². The van der Waals surface area contributed by atoms with Crippen molar-refractivity contribution < 1.29 is 8.42 Å². The highest BCUT2D eigenvalue weighted by molar-refractivity contribution is 7.90. The quantitative estimate of drug-likeness (QED) is 0.148. The highest BCUT2D eigenvalue weighted by Crippen LogP contribution is 2.41. The first-order chi connectivity index (χ1) is 18.9. The molecule has 0 aliphatic carbocycles. The van der Waals surface area contributed by atoms with Crippen LogP contribution in [0.15, 0.2) is 114 Å². The summed E-state index contributed by atoms with van der Waals surface area (Å²) < 4.78 is 26.2. The minimum atomic E-state index is -3.50. The number of nitrogens with one attached hydrogen (secondary N) is 3. The van der Waals surface area contributed by atoms with Crippen molar-refractivity contribution >= 4 is 43.4 Å². The van der Waals surface area contributed by atoms with Crippen LogP contribution in [0.4, 0.5) is 5.69 Å². The lowest BCUT2D eigenvalue weighted by atomic mass is 9.92. The first kappa shape index (κ1) is 24.4. The molecule has 8 heteroatoms. The van der Waals surface area contributed by atoms with Gasteiger partial charge in [-0.25, -0.2) is 13.4 Å². The van der Waals surface area contributed by atoms with Crippen molar-refractivity contribution in [2.75, 3.05) is 5.32 Å². The predicted molar refractivity (Wildman–Crippen MR) is 157 cm³/mol. The van der Waals surface area contributed by atoms with Gasteiger partial charge in [0.05, 0.1) is 10.6 Å². The molecule has 2 aromatic heterocycles. The summed E-state index contributed by atoms with van der Waals surface area (Å²) in [6.45, 7) is 0. The van der Waals surface area contributed by atoms with E-state index in [1.54, 1.807) is 30.3 Å². The van der Waals surface area contributed by atoms with Crippen molar-refractivity contribution in [2.45, 2.75) is 10.6 Å². The Labute approximate surface area is 225 Å². The Morgan fingerprint density at radius 2 is 1.56 bits per heavy atom. The average Bonchev–Trinajstić information content (AvgIpc) is 3.31. The molecule has 0 spiro atoms. The second kappa shape index (κ2) is 9.74. The van der Waals surface area contributed by atoms with E-state index in [4.69, 9.17) is 16.1 Å². The average molecular weight is 532 g/mol. The minimum Gasteiger partial charge on any atom is -0.370 e. The molecule has 7 nitrogen and oxygen atoms in total. The van der Waals surface area contributed by atoms with E-state index in [9.17, 15) is 8.42 Å². The third-order valence-corrected chi connectivity index (χ3v) is 8.39. The van der Waals surface area contributed by atoms with Gasteiger partial charge in [0.1, 0.15) is 5.65 Å². The van der Waals surface area contributed by atoms with E-state index < -0.39 is 9.84 Å². The van der Waals surface area contributed by atoms with Gasteiger partial charge in [-0.1, -0.05) is 66.7 Å². The lowest BCUT2D eigenvalue weighted by Crippen LogP contribution is -2.20. The number of rotatable bonds is 6. The Bertz CT molecular complexity index is 1930. The molecule has 0 unspecified atom stereocenters. The molecule has 2 heterocycles. The summed E-state index contributed by atoms with van der Waals surface area (Å²) in [5.41, 5.74) is 12.4. The molecule has 4 aromatic carbocycles. The van der Waals surface area contributed by atoms with E-state index in [2.05, 4.69) is 22.4 Å². The molecule has 192 valence electrons. The minimum absolute atomic E-state index is 0.0992. The summed E-state index contributed by atoms with van der Waals surface area (Å²) in [6, 6.07) is 32.0. The van der Waals surface area contributed by atoms with Crippen LogP contribution in [0.1, 0.15) is 5.56 Å². The van der Waals surface area contributed by atoms with E-state index in [0.29, 0.717) is 10.5 Å². The van der Waals surface area contributed by atoms with E-state index in [1.807, 2.05) is 66.9 Å². The smallest absolute Gasteiger partial charge is 0.190 e. The second-order valence-electron chi connectivity index (χ2n) is 9.33. The number of fused-ring (bicyclic) bond motifs is 3. The van der Waals surface area contributed by atoms with Gasteiger partial charge in [-0.2, -0.15) is 0 Å². The summed E-state index contributed by atoms with van der Waals surface area (Å²) in [6.07, 6.45) is 1.86. The Kier molecular flexibility index (Phi) is 6.09. The van der Waals surface area contributed by atoms with Crippen LogP contribution >= 0.6 is 0 Å². The van der Waals surface area contributed by atoms with E-state index >= 15 is 0 Å². The van der Waals surface area contributed by atoms with E-state index in [-0.39, 0.29) is 11.7 Å². The molecule has 0 fully saturated rings. The zero-order valence-corrected chi connectivity index (χ0v) is 21.7. The number of anilines is 1. The van der Waals surface area contributed by atoms with Gasteiger partial charge >= 0.3 is 0 Å². The van der Waals surface area contributed by atoms with Gasteiger partial charge in [-0.15, -0.1) is 0 Å². The van der Waals surface area contributed by atoms with Gasteiger partial charge in [0, 0.05) is 39.3 Å². The van der Waals surface area contributed by atoms with Crippen LogP contribution in [0.2, 0.25) is 0 Å². The number of pyridine rings is 1. The first-order valence-electron chi connectivity index (χ1n) is 12.4. The Morgan fingerprint density at radius 1 is 0.872 bits per heavy atom. The zero-order chi connectivity index (χ0) is 27.0. The van der Waals surface area contributed by atoms with Crippen molar-refractivity contribution in [3.63, 3.8) is 0 Å². The predicted octanol–water partition coefficient (Wildman–Crippen LogP) is 6.33. The number of hydrogen-bond donors (Lipinski definition) is 4. The number of nitrogens with two attached hydrogens (primary N) is 1. The third kappa shape index (κ3) is 4.73. The van der Waals surface area contributed by atoms with Crippen LogP contribution in [0.25, 0.3) is 44.2 Å². The largest absolute Gasteiger partial charge is 0.370 e. The molecule has 0 aliphatic rings. The highest BCUT2D eigenvalue weighted by atomic mass is 32.2. The molecule has 5 N–H and O–H groups in total. The molecule has 6 rings (SSSR count). The molecular weight excluding hydrogens is 506 g/mol. The Balaban J connectivity index is 1.54. The molecule has 0 saturated heterocycles. The number of aromatic amines is 1. The van der Waals surface area contributed by atoms with Crippen LogP contribution in [0.3, 0.4) is 0 Å². The number of nitrogens with zero attached hydrogens (tertiary/aromatic N) is 1. The number of aromatic nitrogens is 2. The maximum absolute atomic E-state index is 13.1. The molecule has 0 radical (unpaired) electrons. The number of sulfone groups is 1. The number of guanidine groups is 1. The monoisotopic (exact) mass is 531 g/mol. The van der Waals surface area contributed by atoms with E-state index in [1.165, 1.54) is 0 Å². The Morgan fingerprint density at radius 3 is 2.26 bits per heavy atom. The van der Waals surface area contributed by atoms with E-state index in [0.717, 1.165) is 49.9 Å². The number of H-pyrrole nitrogens is 1. The molecule has 0 bridgehead atoms. The standard InChI is InChI=1S/C31H25N5O2S/c32-31(33)35-23-14-12-21(13-15-23)26-18-34-30-29(28(26)22-7-3-1-4-8-22)25-17-20(11-16-27(25)36-30)19-39(37,38)24-9-5-2-6-10-24/h1-18H,19H2,(H,34,36)(H4,32,33,35). The summed E-state index contributed by atoms with van der Waals surface area (Å²) >= 11 is 0. The van der Waals surface area contributed by atoms with Gasteiger partial charge in [0.2, 0.25) is 0 Å². The van der Waals surface area contributed by atoms with Gasteiger partial charge < -0.3 is 16.0 Å². The van der Waals surface area contributed by atoms with Gasteiger partial charge in [0.25, 0.3) is 0 Å². The van der Waals surface area contributed by atoms with Crippen LogP contribution in [0, 0.1) is 5.41 Å².